The van der Waals surface area contributed by atoms with Gasteiger partial charge in [-0.05, 0) is 26.0 Å². The number of fused-ring (bicyclic) bond motifs is 1. The summed E-state index contributed by atoms with van der Waals surface area (Å²) in [7, 11) is 1.92. The number of carbonyl (C=O) groups excluding carboxylic acids is 1. The van der Waals surface area contributed by atoms with E-state index in [9.17, 15) is 4.79 Å². The van der Waals surface area contributed by atoms with Crippen LogP contribution in [0, 0.1) is 13.8 Å². The maximum absolute atomic E-state index is 13.4. The molecule has 4 heterocycles. The van der Waals surface area contributed by atoms with Gasteiger partial charge in [0.2, 0.25) is 0 Å². The van der Waals surface area contributed by atoms with Gasteiger partial charge in [-0.25, -0.2) is 0 Å². The van der Waals surface area contributed by atoms with E-state index in [-0.39, 0.29) is 11.9 Å². The standard InChI is InChI=1S/C19H21N5O2/c1-12-18(13(2)23(3)22-12)17-11-26-9-8-24(17)19(25)14-4-7-21-16-5-6-20-10-15(14)16/h4-7,10,17H,8-9,11H2,1-3H3. The van der Waals surface area contributed by atoms with Crippen molar-refractivity contribution in [2.75, 3.05) is 19.8 Å². The predicted molar refractivity (Wildman–Crippen MR) is 96.8 cm³/mol. The second-order valence-corrected chi connectivity index (χ2v) is 6.55. The monoisotopic (exact) mass is 351 g/mol. The summed E-state index contributed by atoms with van der Waals surface area (Å²) in [4.78, 5) is 23.8. The summed E-state index contributed by atoms with van der Waals surface area (Å²) in [6, 6.07) is 3.44. The molecule has 4 rings (SSSR count). The summed E-state index contributed by atoms with van der Waals surface area (Å²) < 4.78 is 7.56. The Kier molecular flexibility index (Phi) is 4.16. The van der Waals surface area contributed by atoms with Crippen LogP contribution in [0.15, 0.2) is 30.7 Å². The van der Waals surface area contributed by atoms with Gasteiger partial charge < -0.3 is 9.64 Å². The van der Waals surface area contributed by atoms with Crippen LogP contribution < -0.4 is 0 Å². The van der Waals surface area contributed by atoms with Crippen LogP contribution in [-0.4, -0.2) is 50.3 Å². The molecule has 7 nitrogen and oxygen atoms in total. The van der Waals surface area contributed by atoms with Gasteiger partial charge in [0.15, 0.2) is 0 Å². The Bertz CT molecular complexity index is 976. The van der Waals surface area contributed by atoms with Gasteiger partial charge in [0, 0.05) is 48.8 Å². The number of morpholine rings is 1. The molecule has 1 aliphatic rings. The fourth-order valence-electron chi connectivity index (χ4n) is 3.69. The molecule has 26 heavy (non-hydrogen) atoms. The highest BCUT2D eigenvalue weighted by Gasteiger charge is 2.33. The van der Waals surface area contributed by atoms with Crippen molar-refractivity contribution in [2.45, 2.75) is 19.9 Å². The van der Waals surface area contributed by atoms with Crippen molar-refractivity contribution in [1.82, 2.24) is 24.6 Å². The maximum Gasteiger partial charge on any atom is 0.255 e. The van der Waals surface area contributed by atoms with Gasteiger partial charge in [0.05, 0.1) is 36.0 Å². The molecule has 0 aromatic carbocycles. The van der Waals surface area contributed by atoms with Crippen molar-refractivity contribution in [3.05, 3.63) is 53.2 Å². The van der Waals surface area contributed by atoms with E-state index in [2.05, 4.69) is 15.1 Å². The number of pyridine rings is 2. The topological polar surface area (TPSA) is 73.1 Å². The van der Waals surface area contributed by atoms with Crippen LogP contribution in [-0.2, 0) is 11.8 Å². The highest BCUT2D eigenvalue weighted by Crippen LogP contribution is 2.31. The zero-order chi connectivity index (χ0) is 18.3. The third-order valence-electron chi connectivity index (χ3n) is 5.06. The molecule has 0 N–H and O–H groups in total. The van der Waals surface area contributed by atoms with Crippen molar-refractivity contribution in [3.63, 3.8) is 0 Å². The predicted octanol–water partition coefficient (Wildman–Crippen LogP) is 2.19. The average Bonchev–Trinajstić information content (AvgIpc) is 2.92. The van der Waals surface area contributed by atoms with Gasteiger partial charge in [-0.15, -0.1) is 0 Å². The Morgan fingerprint density at radius 2 is 2.12 bits per heavy atom. The van der Waals surface area contributed by atoms with Crippen LogP contribution in [0.2, 0.25) is 0 Å². The lowest BCUT2D eigenvalue weighted by Gasteiger charge is -2.36. The average molecular weight is 351 g/mol. The molecule has 1 unspecified atom stereocenters. The van der Waals surface area contributed by atoms with Crippen LogP contribution >= 0.6 is 0 Å². The highest BCUT2D eigenvalue weighted by atomic mass is 16.5. The van der Waals surface area contributed by atoms with Crippen LogP contribution in [0.4, 0.5) is 0 Å². The number of ether oxygens (including phenoxy) is 1. The van der Waals surface area contributed by atoms with E-state index in [1.807, 2.05) is 36.5 Å². The van der Waals surface area contributed by atoms with Gasteiger partial charge >= 0.3 is 0 Å². The minimum atomic E-state index is -0.148. The second-order valence-electron chi connectivity index (χ2n) is 6.55. The second kappa shape index (κ2) is 6.49. The minimum Gasteiger partial charge on any atom is -0.377 e. The van der Waals surface area contributed by atoms with E-state index in [4.69, 9.17) is 4.74 Å². The number of nitrogens with zero attached hydrogens (tertiary/aromatic N) is 5. The quantitative estimate of drug-likeness (QED) is 0.708. The van der Waals surface area contributed by atoms with Crippen molar-refractivity contribution in [3.8, 4) is 0 Å². The number of hydrogen-bond acceptors (Lipinski definition) is 5. The summed E-state index contributed by atoms with van der Waals surface area (Å²) in [5.41, 5.74) is 4.44. The Labute approximate surface area is 151 Å². The van der Waals surface area contributed by atoms with Gasteiger partial charge in [0.1, 0.15) is 0 Å². The lowest BCUT2D eigenvalue weighted by molar-refractivity contribution is -0.00294. The number of rotatable bonds is 2. The van der Waals surface area contributed by atoms with Crippen molar-refractivity contribution < 1.29 is 9.53 Å². The molecule has 1 atom stereocenters. The molecular formula is C19H21N5O2. The third kappa shape index (κ3) is 2.64. The van der Waals surface area contributed by atoms with Crippen LogP contribution in [0.3, 0.4) is 0 Å². The molecule has 3 aromatic heterocycles. The van der Waals surface area contributed by atoms with E-state index in [1.54, 1.807) is 24.7 Å². The first-order valence-corrected chi connectivity index (χ1v) is 8.65. The highest BCUT2D eigenvalue weighted by molar-refractivity contribution is 6.05. The van der Waals surface area contributed by atoms with Gasteiger partial charge in [0.25, 0.3) is 5.91 Å². The van der Waals surface area contributed by atoms with Crippen molar-refractivity contribution >= 4 is 16.8 Å². The number of carbonyl (C=O) groups is 1. The maximum atomic E-state index is 13.4. The SMILES string of the molecule is Cc1nn(C)c(C)c1C1COCCN1C(=O)c1ccnc2ccncc12. The van der Waals surface area contributed by atoms with Crippen LogP contribution in [0.1, 0.15) is 33.4 Å². The van der Waals surface area contributed by atoms with Crippen molar-refractivity contribution in [1.29, 1.82) is 0 Å². The van der Waals surface area contributed by atoms with Crippen LogP contribution in [0.25, 0.3) is 10.9 Å². The molecule has 3 aromatic rings. The number of hydrogen-bond donors (Lipinski definition) is 0. The molecule has 134 valence electrons. The zero-order valence-corrected chi connectivity index (χ0v) is 15.1. The Morgan fingerprint density at radius 1 is 1.27 bits per heavy atom. The molecule has 0 bridgehead atoms. The molecule has 1 fully saturated rings. The van der Waals surface area contributed by atoms with E-state index in [0.29, 0.717) is 25.3 Å². The summed E-state index contributed by atoms with van der Waals surface area (Å²) in [6.07, 6.45) is 5.06. The molecule has 1 aliphatic heterocycles. The largest absolute Gasteiger partial charge is 0.377 e. The first kappa shape index (κ1) is 16.7. The smallest absolute Gasteiger partial charge is 0.255 e. The lowest BCUT2D eigenvalue weighted by atomic mass is 10.0. The summed E-state index contributed by atoms with van der Waals surface area (Å²) in [6.45, 7) is 5.55. The Morgan fingerprint density at radius 3 is 2.88 bits per heavy atom. The molecule has 1 saturated heterocycles. The van der Waals surface area contributed by atoms with Gasteiger partial charge in [-0.3, -0.25) is 19.4 Å². The van der Waals surface area contributed by atoms with E-state index in [1.165, 1.54) is 0 Å². The van der Waals surface area contributed by atoms with E-state index < -0.39 is 0 Å². The Hall–Kier alpha value is -2.80. The first-order valence-electron chi connectivity index (χ1n) is 8.65. The number of amides is 1. The number of aromatic nitrogens is 4. The molecule has 7 heteroatoms. The fraction of sp³-hybridized carbons (Fsp3) is 0.368. The molecule has 0 aliphatic carbocycles. The molecule has 0 saturated carbocycles. The minimum absolute atomic E-state index is 0.0265. The third-order valence-corrected chi connectivity index (χ3v) is 5.06. The van der Waals surface area contributed by atoms with Gasteiger partial charge in [-0.1, -0.05) is 0 Å². The molecule has 0 spiro atoms. The number of aryl methyl sites for hydroxylation is 2. The molecule has 1 amide bonds. The Balaban J connectivity index is 1.78. The summed E-state index contributed by atoms with van der Waals surface area (Å²) in [5, 5.41) is 5.27. The summed E-state index contributed by atoms with van der Waals surface area (Å²) in [5.74, 6) is -0.0265. The zero-order valence-electron chi connectivity index (χ0n) is 15.1. The van der Waals surface area contributed by atoms with E-state index >= 15 is 0 Å². The molecule has 0 radical (unpaired) electrons. The van der Waals surface area contributed by atoms with E-state index in [0.717, 1.165) is 27.9 Å². The summed E-state index contributed by atoms with van der Waals surface area (Å²) >= 11 is 0. The van der Waals surface area contributed by atoms with Crippen molar-refractivity contribution in [2.24, 2.45) is 7.05 Å². The van der Waals surface area contributed by atoms with Crippen LogP contribution in [0.5, 0.6) is 0 Å². The lowest BCUT2D eigenvalue weighted by Crippen LogP contribution is -2.43. The molecular weight excluding hydrogens is 330 g/mol. The normalized spacial score (nSPS) is 17.7. The first-order chi connectivity index (χ1) is 12.6. The van der Waals surface area contributed by atoms with Gasteiger partial charge in [-0.2, -0.15) is 5.10 Å². The fourth-order valence-corrected chi connectivity index (χ4v) is 3.69.